The van der Waals surface area contributed by atoms with E-state index in [1.165, 1.54) is 16.2 Å². The third-order valence-electron chi connectivity index (χ3n) is 7.05. The van der Waals surface area contributed by atoms with Gasteiger partial charge in [-0.25, -0.2) is 4.98 Å². The number of ketones is 1. The Balaban J connectivity index is 1.52. The molecule has 3 aromatic carbocycles. The second-order valence-electron chi connectivity index (χ2n) is 10.1. The van der Waals surface area contributed by atoms with E-state index in [2.05, 4.69) is 13.8 Å². The molecule has 5 aromatic rings. The number of benzene rings is 3. The zero-order chi connectivity index (χ0) is 26.7. The number of aliphatic hydroxyl groups is 1. The molecule has 1 aliphatic heterocycles. The Morgan fingerprint density at radius 3 is 2.50 bits per heavy atom. The molecule has 0 aliphatic carbocycles. The maximum atomic E-state index is 13.9. The fourth-order valence-electron chi connectivity index (χ4n) is 5.10. The van der Waals surface area contributed by atoms with E-state index in [0.717, 1.165) is 32.3 Å². The highest BCUT2D eigenvalue weighted by atomic mass is 32.1. The predicted molar refractivity (Wildman–Crippen MR) is 150 cm³/mol. The summed E-state index contributed by atoms with van der Waals surface area (Å²) in [6, 6.07) is 20.0. The lowest BCUT2D eigenvalue weighted by atomic mass is 9.93. The smallest absolute Gasteiger partial charge is 0.296 e. The summed E-state index contributed by atoms with van der Waals surface area (Å²) < 4.78 is 6.78. The van der Waals surface area contributed by atoms with Crippen LogP contribution in [0, 0.1) is 13.8 Å². The molecule has 1 atom stereocenters. The van der Waals surface area contributed by atoms with Crippen LogP contribution in [0.2, 0.25) is 0 Å². The molecule has 2 aromatic heterocycles. The van der Waals surface area contributed by atoms with Gasteiger partial charge in [0.1, 0.15) is 5.58 Å². The molecule has 6 rings (SSSR count). The first-order valence-corrected chi connectivity index (χ1v) is 13.3. The number of fused-ring (bicyclic) bond motifs is 2. The van der Waals surface area contributed by atoms with Crippen LogP contribution in [0.5, 0.6) is 0 Å². The van der Waals surface area contributed by atoms with Gasteiger partial charge in [0, 0.05) is 5.39 Å². The molecule has 6 nitrogen and oxygen atoms in total. The van der Waals surface area contributed by atoms with E-state index < -0.39 is 23.5 Å². The lowest BCUT2D eigenvalue weighted by molar-refractivity contribution is -0.117. The molecule has 1 amide bonds. The molecular formula is C31H26N2O4S. The summed E-state index contributed by atoms with van der Waals surface area (Å²) in [6.45, 7) is 8.21. The second-order valence-corrected chi connectivity index (χ2v) is 11.1. The van der Waals surface area contributed by atoms with Gasteiger partial charge in [-0.05, 0) is 60.2 Å². The van der Waals surface area contributed by atoms with Gasteiger partial charge >= 0.3 is 0 Å². The van der Waals surface area contributed by atoms with Gasteiger partial charge in [0.15, 0.2) is 16.7 Å². The van der Waals surface area contributed by atoms with Crippen LogP contribution in [-0.2, 0) is 4.79 Å². The minimum absolute atomic E-state index is 0.0153. The fourth-order valence-corrected chi connectivity index (χ4v) is 6.27. The number of carbonyl (C=O) groups excluding carboxylic acids is 2. The number of rotatable bonds is 5. The van der Waals surface area contributed by atoms with Crippen molar-refractivity contribution in [2.75, 3.05) is 4.90 Å². The number of hydrogen-bond acceptors (Lipinski definition) is 6. The molecule has 0 radical (unpaired) electrons. The average molecular weight is 523 g/mol. The van der Waals surface area contributed by atoms with E-state index >= 15 is 0 Å². The van der Waals surface area contributed by atoms with E-state index in [4.69, 9.17) is 9.40 Å². The third kappa shape index (κ3) is 3.82. The van der Waals surface area contributed by atoms with Crippen LogP contribution in [-0.4, -0.2) is 21.8 Å². The first-order chi connectivity index (χ1) is 18.2. The zero-order valence-electron chi connectivity index (χ0n) is 21.5. The molecular weight excluding hydrogens is 496 g/mol. The van der Waals surface area contributed by atoms with Crippen LogP contribution in [0.15, 0.2) is 82.5 Å². The maximum absolute atomic E-state index is 13.9. The Hall–Kier alpha value is -4.23. The number of nitrogens with zero attached hydrogens (tertiary/aromatic N) is 2. The van der Waals surface area contributed by atoms with Crippen LogP contribution in [0.1, 0.15) is 58.6 Å². The molecule has 3 heterocycles. The summed E-state index contributed by atoms with van der Waals surface area (Å²) in [5.74, 6) is -1.37. The Morgan fingerprint density at radius 2 is 1.79 bits per heavy atom. The van der Waals surface area contributed by atoms with Crippen molar-refractivity contribution in [1.82, 2.24) is 4.98 Å². The number of aromatic nitrogens is 1. The number of Topliss-reactive ketones (excluding diaryl/α,β-unsaturated/α-hetero) is 1. The molecule has 0 saturated carbocycles. The maximum Gasteiger partial charge on any atom is 0.296 e. The Bertz CT molecular complexity index is 1740. The number of aryl methyl sites for hydroxylation is 2. The molecule has 190 valence electrons. The summed E-state index contributed by atoms with van der Waals surface area (Å²) in [5, 5.41) is 12.3. The minimum atomic E-state index is -0.855. The fraction of sp³-hybridized carbons (Fsp3) is 0.194. The summed E-state index contributed by atoms with van der Waals surface area (Å²) in [4.78, 5) is 33.7. The number of anilines is 1. The molecule has 1 aliphatic rings. The number of aliphatic hydroxyl groups excluding tert-OH is 1. The normalized spacial score (nSPS) is 16.0. The molecule has 0 unspecified atom stereocenters. The van der Waals surface area contributed by atoms with Gasteiger partial charge in [0.2, 0.25) is 5.78 Å². The highest BCUT2D eigenvalue weighted by Gasteiger charge is 2.46. The van der Waals surface area contributed by atoms with Crippen molar-refractivity contribution < 1.29 is 19.1 Å². The highest BCUT2D eigenvalue weighted by molar-refractivity contribution is 7.22. The van der Waals surface area contributed by atoms with Crippen molar-refractivity contribution in [3.63, 3.8) is 0 Å². The zero-order valence-corrected chi connectivity index (χ0v) is 22.3. The van der Waals surface area contributed by atoms with E-state index in [9.17, 15) is 14.7 Å². The lowest BCUT2D eigenvalue weighted by Crippen LogP contribution is -2.31. The Morgan fingerprint density at radius 1 is 1.05 bits per heavy atom. The predicted octanol–water partition coefficient (Wildman–Crippen LogP) is 7.57. The van der Waals surface area contributed by atoms with Gasteiger partial charge in [0.25, 0.3) is 5.91 Å². The SMILES string of the molecule is Cc1cc(C)c2nc(N3C(=O)C(O)=C(C(=O)c4cc5ccccc5o4)[C@H]3c3ccc(C(C)C)cc3)sc2c1. The van der Waals surface area contributed by atoms with Crippen LogP contribution < -0.4 is 4.90 Å². The third-order valence-corrected chi connectivity index (χ3v) is 8.05. The van der Waals surface area contributed by atoms with Crippen molar-refractivity contribution in [3.8, 4) is 0 Å². The van der Waals surface area contributed by atoms with E-state index in [-0.39, 0.29) is 11.3 Å². The topological polar surface area (TPSA) is 83.6 Å². The van der Waals surface area contributed by atoms with Gasteiger partial charge in [-0.2, -0.15) is 0 Å². The second kappa shape index (κ2) is 8.96. The molecule has 0 spiro atoms. The van der Waals surface area contributed by atoms with E-state index in [0.29, 0.717) is 22.2 Å². The standard InChI is InChI=1S/C31H26N2O4S/c1-16(2)19-9-11-20(12-10-19)27-25(28(34)23-15-21-7-5-6-8-22(21)37-23)29(35)30(36)33(27)31-32-26-18(4)13-17(3)14-24(26)38-31/h5-16,27,35H,1-4H3/t27-/m1/s1. The summed E-state index contributed by atoms with van der Waals surface area (Å²) in [6.07, 6.45) is 0. The van der Waals surface area contributed by atoms with Crippen LogP contribution in [0.3, 0.4) is 0 Å². The molecule has 7 heteroatoms. The van der Waals surface area contributed by atoms with Crippen LogP contribution in [0.25, 0.3) is 21.2 Å². The van der Waals surface area contributed by atoms with Gasteiger partial charge in [-0.1, -0.05) is 73.7 Å². The monoisotopic (exact) mass is 522 g/mol. The van der Waals surface area contributed by atoms with Crippen molar-refractivity contribution in [1.29, 1.82) is 0 Å². The summed E-state index contributed by atoms with van der Waals surface area (Å²) in [7, 11) is 0. The molecule has 0 saturated heterocycles. The molecule has 0 bridgehead atoms. The number of hydrogen-bond donors (Lipinski definition) is 1. The van der Waals surface area contributed by atoms with E-state index in [1.54, 1.807) is 12.1 Å². The first-order valence-electron chi connectivity index (χ1n) is 12.5. The van der Waals surface area contributed by atoms with Crippen LogP contribution in [0.4, 0.5) is 5.13 Å². The minimum Gasteiger partial charge on any atom is -0.503 e. The number of para-hydroxylation sites is 1. The summed E-state index contributed by atoms with van der Waals surface area (Å²) >= 11 is 1.37. The summed E-state index contributed by atoms with van der Waals surface area (Å²) in [5.41, 5.74) is 5.29. The number of carbonyl (C=O) groups is 2. The Kier molecular flexibility index (Phi) is 5.69. The molecule has 38 heavy (non-hydrogen) atoms. The lowest BCUT2D eigenvalue weighted by Gasteiger charge is -2.24. The average Bonchev–Trinajstić information content (AvgIpc) is 3.58. The quantitative estimate of drug-likeness (QED) is 0.241. The van der Waals surface area contributed by atoms with Crippen LogP contribution >= 0.6 is 11.3 Å². The first kappa shape index (κ1) is 24.1. The van der Waals surface area contributed by atoms with Gasteiger partial charge in [0.05, 0.1) is 21.8 Å². The highest BCUT2D eigenvalue weighted by Crippen LogP contribution is 2.45. The van der Waals surface area contributed by atoms with Crippen molar-refractivity contribution >= 4 is 49.3 Å². The van der Waals surface area contributed by atoms with Gasteiger partial charge in [-0.15, -0.1) is 0 Å². The number of amides is 1. The molecule has 0 fully saturated rings. The van der Waals surface area contributed by atoms with Crippen molar-refractivity contribution in [2.24, 2.45) is 0 Å². The largest absolute Gasteiger partial charge is 0.503 e. The Labute approximate surface area is 223 Å². The number of furan rings is 1. The van der Waals surface area contributed by atoms with E-state index in [1.807, 2.05) is 68.4 Å². The van der Waals surface area contributed by atoms with Crippen molar-refractivity contribution in [2.45, 2.75) is 39.7 Å². The van der Waals surface area contributed by atoms with Gasteiger partial charge in [-0.3, -0.25) is 14.5 Å². The molecule has 1 N–H and O–H groups in total. The van der Waals surface area contributed by atoms with Crippen molar-refractivity contribution in [3.05, 3.63) is 106 Å². The number of thiazole rings is 1. The van der Waals surface area contributed by atoms with Gasteiger partial charge < -0.3 is 9.52 Å².